The average Bonchev–Trinajstić information content (AvgIpc) is 3.56. The van der Waals surface area contributed by atoms with E-state index in [0.29, 0.717) is 11.8 Å². The van der Waals surface area contributed by atoms with E-state index in [4.69, 9.17) is 9.47 Å². The van der Waals surface area contributed by atoms with Gasteiger partial charge in [-0.25, -0.2) is 0 Å². The van der Waals surface area contributed by atoms with Crippen LogP contribution in [0.3, 0.4) is 0 Å². The van der Waals surface area contributed by atoms with E-state index in [0.717, 1.165) is 48.9 Å². The van der Waals surface area contributed by atoms with Crippen molar-refractivity contribution in [1.29, 1.82) is 0 Å². The fourth-order valence-corrected chi connectivity index (χ4v) is 7.28. The number of fused-ring (bicyclic) bond motifs is 1. The third kappa shape index (κ3) is 6.46. The van der Waals surface area contributed by atoms with E-state index in [2.05, 4.69) is 65.4 Å². The Labute approximate surface area is 242 Å². The highest BCUT2D eigenvalue weighted by atomic mass is 32.1. The lowest BCUT2D eigenvalue weighted by atomic mass is 9.99. The first-order chi connectivity index (χ1) is 19.6. The van der Waals surface area contributed by atoms with Crippen LogP contribution < -0.4 is 9.47 Å². The number of thiophene rings is 1. The summed E-state index contributed by atoms with van der Waals surface area (Å²) in [5.41, 5.74) is 3.72. The van der Waals surface area contributed by atoms with Crippen LogP contribution in [0.1, 0.15) is 43.2 Å². The molecule has 2 aliphatic rings. The summed E-state index contributed by atoms with van der Waals surface area (Å²) in [5.74, 6) is 2.15. The highest BCUT2D eigenvalue weighted by molar-refractivity contribution is 7.22. The summed E-state index contributed by atoms with van der Waals surface area (Å²) in [7, 11) is 2.18. The zero-order valence-corrected chi connectivity index (χ0v) is 24.3. The van der Waals surface area contributed by atoms with Gasteiger partial charge in [0.2, 0.25) is 0 Å². The smallest absolute Gasteiger partial charge is 0.119 e. The molecule has 3 aromatic carbocycles. The van der Waals surface area contributed by atoms with Gasteiger partial charge in [-0.1, -0.05) is 18.6 Å². The Kier molecular flexibility index (Phi) is 8.57. The van der Waals surface area contributed by atoms with Crippen molar-refractivity contribution in [2.75, 3.05) is 46.4 Å². The Morgan fingerprint density at radius 2 is 1.60 bits per heavy atom. The minimum absolute atomic E-state index is 0.304. The number of hydrogen-bond donors (Lipinski definition) is 1. The van der Waals surface area contributed by atoms with Crippen molar-refractivity contribution >= 4 is 21.4 Å². The average molecular weight is 557 g/mol. The highest BCUT2D eigenvalue weighted by Gasteiger charge is 2.21. The van der Waals surface area contributed by atoms with Crippen molar-refractivity contribution in [3.63, 3.8) is 0 Å². The van der Waals surface area contributed by atoms with Crippen molar-refractivity contribution in [2.24, 2.45) is 0 Å². The van der Waals surface area contributed by atoms with Crippen LogP contribution in [0.2, 0.25) is 0 Å². The second kappa shape index (κ2) is 12.6. The fraction of sp³-hybridized carbons (Fsp3) is 0.412. The van der Waals surface area contributed by atoms with Gasteiger partial charge >= 0.3 is 0 Å². The van der Waals surface area contributed by atoms with Crippen LogP contribution in [0.15, 0.2) is 66.7 Å². The molecule has 0 amide bonds. The summed E-state index contributed by atoms with van der Waals surface area (Å²) in [6.45, 7) is 6.02. The predicted octanol–water partition coefficient (Wildman–Crippen LogP) is 7.20. The minimum Gasteiger partial charge on any atom is -0.508 e. The molecule has 0 spiro atoms. The molecular formula is C34H40N2O3S. The van der Waals surface area contributed by atoms with Crippen molar-refractivity contribution in [1.82, 2.24) is 9.80 Å². The topological polar surface area (TPSA) is 45.2 Å². The number of likely N-dealkylation sites (N-methyl/N-ethyl adjacent to an activating group) is 1. The number of rotatable bonds is 10. The summed E-state index contributed by atoms with van der Waals surface area (Å²) in [6.07, 6.45) is 7.26. The molecule has 40 heavy (non-hydrogen) atoms. The number of hydrogen-bond acceptors (Lipinski definition) is 6. The number of nitrogens with zero attached hydrogens (tertiary/aromatic N) is 2. The minimum atomic E-state index is 0.304. The van der Waals surface area contributed by atoms with Gasteiger partial charge in [-0.15, -0.1) is 11.3 Å². The summed E-state index contributed by atoms with van der Waals surface area (Å²) < 4.78 is 13.3. The molecule has 6 rings (SSSR count). The van der Waals surface area contributed by atoms with E-state index >= 15 is 0 Å². The maximum absolute atomic E-state index is 10.1. The molecule has 4 aromatic rings. The molecule has 0 saturated carbocycles. The Balaban J connectivity index is 1.16. The first-order valence-electron chi connectivity index (χ1n) is 14.7. The van der Waals surface area contributed by atoms with Gasteiger partial charge in [0.15, 0.2) is 0 Å². The van der Waals surface area contributed by atoms with E-state index in [-0.39, 0.29) is 0 Å². The molecule has 0 radical (unpaired) electrons. The fourth-order valence-electron chi connectivity index (χ4n) is 6.02. The molecule has 2 fully saturated rings. The van der Waals surface area contributed by atoms with Gasteiger partial charge < -0.3 is 19.5 Å². The number of phenols is 1. The zero-order chi connectivity index (χ0) is 27.3. The van der Waals surface area contributed by atoms with Gasteiger partial charge in [0.25, 0.3) is 0 Å². The van der Waals surface area contributed by atoms with Crippen molar-refractivity contribution in [3.8, 4) is 27.7 Å². The molecule has 1 N–H and O–H groups in total. The lowest BCUT2D eigenvalue weighted by Crippen LogP contribution is -2.33. The molecule has 1 aromatic heterocycles. The Morgan fingerprint density at radius 1 is 0.850 bits per heavy atom. The van der Waals surface area contributed by atoms with E-state index in [1.807, 2.05) is 12.1 Å². The van der Waals surface area contributed by atoms with Gasteiger partial charge in [0.1, 0.15) is 30.5 Å². The zero-order valence-electron chi connectivity index (χ0n) is 23.5. The van der Waals surface area contributed by atoms with E-state index in [9.17, 15) is 5.11 Å². The Bertz CT molecular complexity index is 1390. The number of ether oxygens (including phenoxy) is 2. The maximum Gasteiger partial charge on any atom is 0.119 e. The van der Waals surface area contributed by atoms with E-state index < -0.39 is 0 Å². The number of aromatic hydroxyl groups is 1. The first kappa shape index (κ1) is 27.1. The number of likely N-dealkylation sites (tertiary alicyclic amines) is 2. The van der Waals surface area contributed by atoms with Crippen LogP contribution in [-0.4, -0.2) is 67.4 Å². The number of piperidine rings is 1. The van der Waals surface area contributed by atoms with Gasteiger partial charge in [-0.05, 0) is 135 Å². The van der Waals surface area contributed by atoms with Gasteiger partial charge in [-0.3, -0.25) is 4.90 Å². The van der Waals surface area contributed by atoms with Gasteiger partial charge in [0, 0.05) is 22.2 Å². The van der Waals surface area contributed by atoms with Crippen molar-refractivity contribution in [3.05, 3.63) is 77.9 Å². The monoisotopic (exact) mass is 556 g/mol. The molecule has 2 aliphatic heterocycles. The van der Waals surface area contributed by atoms with Crippen LogP contribution in [0.25, 0.3) is 20.5 Å². The standard InChI is InChI=1S/C34H40N2O3S/c1-35-17-5-6-27(35)24-39-30-12-7-25(8-13-30)22-32-31-16-11-28(37)23-33(31)40-34(32)26-9-14-29(15-10-26)38-21-20-36-18-3-2-4-19-36/h7-16,23,27,37H,2-6,17-22,24H2,1H3. The summed E-state index contributed by atoms with van der Waals surface area (Å²) in [4.78, 5) is 6.14. The summed E-state index contributed by atoms with van der Waals surface area (Å²) >= 11 is 1.74. The first-order valence-corrected chi connectivity index (χ1v) is 15.6. The van der Waals surface area contributed by atoms with Crippen LogP contribution in [0.4, 0.5) is 0 Å². The Morgan fingerprint density at radius 3 is 2.35 bits per heavy atom. The molecular weight excluding hydrogens is 516 g/mol. The quantitative estimate of drug-likeness (QED) is 0.224. The van der Waals surface area contributed by atoms with Crippen LogP contribution >= 0.6 is 11.3 Å². The van der Waals surface area contributed by atoms with Crippen molar-refractivity contribution < 1.29 is 14.6 Å². The van der Waals surface area contributed by atoms with Crippen LogP contribution in [0, 0.1) is 0 Å². The SMILES string of the molecule is CN1CCCC1COc1ccc(Cc2c(-c3ccc(OCCN4CCCCC4)cc3)sc3cc(O)ccc23)cc1. The van der Waals surface area contributed by atoms with E-state index in [1.165, 1.54) is 72.1 Å². The van der Waals surface area contributed by atoms with Crippen molar-refractivity contribution in [2.45, 2.75) is 44.6 Å². The molecule has 1 atom stereocenters. The largest absolute Gasteiger partial charge is 0.508 e. The second-order valence-corrected chi connectivity index (χ2v) is 12.3. The highest BCUT2D eigenvalue weighted by Crippen LogP contribution is 2.41. The third-order valence-corrected chi connectivity index (χ3v) is 9.68. The maximum atomic E-state index is 10.1. The summed E-state index contributed by atoms with van der Waals surface area (Å²) in [6, 6.07) is 23.3. The van der Waals surface area contributed by atoms with Crippen LogP contribution in [0.5, 0.6) is 17.2 Å². The third-order valence-electron chi connectivity index (χ3n) is 8.44. The molecule has 0 bridgehead atoms. The van der Waals surface area contributed by atoms with Gasteiger partial charge in [0.05, 0.1) is 0 Å². The molecule has 5 nitrogen and oxygen atoms in total. The molecule has 210 valence electrons. The molecule has 3 heterocycles. The normalized spacial score (nSPS) is 18.4. The Hall–Kier alpha value is -3.06. The predicted molar refractivity (Wildman–Crippen MR) is 165 cm³/mol. The lowest BCUT2D eigenvalue weighted by molar-refractivity contribution is 0.183. The second-order valence-electron chi connectivity index (χ2n) is 11.3. The molecule has 0 aliphatic carbocycles. The lowest BCUT2D eigenvalue weighted by Gasteiger charge is -2.26. The molecule has 1 unspecified atom stereocenters. The molecule has 2 saturated heterocycles. The van der Waals surface area contributed by atoms with E-state index in [1.54, 1.807) is 17.4 Å². The van der Waals surface area contributed by atoms with Crippen LogP contribution in [-0.2, 0) is 6.42 Å². The number of benzene rings is 3. The van der Waals surface area contributed by atoms with Gasteiger partial charge in [-0.2, -0.15) is 0 Å². The molecule has 6 heteroatoms. The summed E-state index contributed by atoms with van der Waals surface area (Å²) in [5, 5.41) is 11.3. The number of phenolic OH excluding ortho intramolecular Hbond substituents is 1.